The first-order valence-electron chi connectivity index (χ1n) is 10.3. The summed E-state index contributed by atoms with van der Waals surface area (Å²) in [5.74, 6) is -2.78. The second kappa shape index (κ2) is 8.58. The lowest BCUT2D eigenvalue weighted by atomic mass is 10.1. The van der Waals surface area contributed by atoms with Crippen LogP contribution in [0, 0.1) is 17.5 Å². The van der Waals surface area contributed by atoms with Crippen LogP contribution in [-0.2, 0) is 4.74 Å². The zero-order valence-electron chi connectivity index (χ0n) is 17.2. The van der Waals surface area contributed by atoms with Crippen LogP contribution >= 0.6 is 0 Å². The van der Waals surface area contributed by atoms with Gasteiger partial charge in [0, 0.05) is 31.4 Å². The zero-order chi connectivity index (χ0) is 22.9. The maximum absolute atomic E-state index is 14.3. The van der Waals surface area contributed by atoms with Crippen molar-refractivity contribution >= 4 is 34.4 Å². The number of aromatic hydroxyl groups is 1. The Hall–Kier alpha value is -3.86. The second-order valence-corrected chi connectivity index (χ2v) is 7.56. The zero-order valence-corrected chi connectivity index (χ0v) is 17.2. The van der Waals surface area contributed by atoms with Crippen LogP contribution in [0.15, 0.2) is 42.6 Å². The summed E-state index contributed by atoms with van der Waals surface area (Å²) in [6.07, 6.45) is 2.75. The number of aromatic nitrogens is 4. The van der Waals surface area contributed by atoms with Crippen molar-refractivity contribution < 1.29 is 23.0 Å². The predicted molar refractivity (Wildman–Crippen MR) is 115 cm³/mol. The number of nitrogens with one attached hydrogen (secondary N) is 2. The fraction of sp³-hybridized carbons (Fsp3) is 0.227. The number of hydrogen-bond donors (Lipinski definition) is 3. The van der Waals surface area contributed by atoms with Crippen molar-refractivity contribution in [3.05, 3.63) is 60.0 Å². The van der Waals surface area contributed by atoms with E-state index in [4.69, 9.17) is 4.74 Å². The molecule has 1 aliphatic rings. The molecule has 0 spiro atoms. The van der Waals surface area contributed by atoms with E-state index < -0.39 is 23.1 Å². The van der Waals surface area contributed by atoms with Gasteiger partial charge in [-0.3, -0.25) is 4.57 Å². The Morgan fingerprint density at radius 1 is 1.00 bits per heavy atom. The van der Waals surface area contributed by atoms with Crippen LogP contribution in [0.4, 0.5) is 36.4 Å². The Labute approximate surface area is 186 Å². The van der Waals surface area contributed by atoms with Crippen molar-refractivity contribution in [3.8, 4) is 5.75 Å². The minimum atomic E-state index is -1.08. The number of imidazole rings is 1. The molecule has 1 saturated heterocycles. The number of phenolic OH excluding ortho intramolecular Hbond substituents is 1. The van der Waals surface area contributed by atoms with Crippen LogP contribution < -0.4 is 10.6 Å². The average molecular weight is 456 g/mol. The first-order valence-corrected chi connectivity index (χ1v) is 10.3. The number of halogens is 3. The lowest BCUT2D eigenvalue weighted by Gasteiger charge is -2.25. The number of para-hydroxylation sites is 2. The van der Waals surface area contributed by atoms with Gasteiger partial charge in [0.2, 0.25) is 11.9 Å². The standard InChI is InChI=1S/C22H19F3N6O2/c23-12-9-14(24)19(15(25)10-12)29-22-28-17-11-26-21(27-16-3-1-2-4-18(16)32)30-20(17)31(22)13-5-7-33-8-6-13/h1-4,9-11,13,32H,5-8H2,(H,28,29)(H,26,27,30). The molecule has 3 N–H and O–H groups in total. The molecule has 170 valence electrons. The fourth-order valence-electron chi connectivity index (χ4n) is 3.80. The molecule has 3 heterocycles. The molecule has 5 rings (SSSR count). The van der Waals surface area contributed by atoms with E-state index in [1.54, 1.807) is 22.8 Å². The van der Waals surface area contributed by atoms with Gasteiger partial charge in [0.15, 0.2) is 17.3 Å². The van der Waals surface area contributed by atoms with E-state index in [0.717, 1.165) is 0 Å². The smallest absolute Gasteiger partial charge is 0.229 e. The third kappa shape index (κ3) is 4.14. The van der Waals surface area contributed by atoms with Crippen molar-refractivity contribution in [2.24, 2.45) is 0 Å². The summed E-state index contributed by atoms with van der Waals surface area (Å²) in [6.45, 7) is 1.02. The molecule has 1 aliphatic heterocycles. The molecule has 0 radical (unpaired) electrons. The highest BCUT2D eigenvalue weighted by molar-refractivity contribution is 5.77. The molecular weight excluding hydrogens is 437 g/mol. The molecule has 1 fully saturated rings. The topological polar surface area (TPSA) is 97.1 Å². The van der Waals surface area contributed by atoms with Crippen LogP contribution in [0.3, 0.4) is 0 Å². The van der Waals surface area contributed by atoms with Gasteiger partial charge in [-0.25, -0.2) is 23.1 Å². The minimum absolute atomic E-state index is 0.0312. The number of phenols is 1. The van der Waals surface area contributed by atoms with Gasteiger partial charge in [-0.2, -0.15) is 4.98 Å². The summed E-state index contributed by atoms with van der Waals surface area (Å²) in [5.41, 5.74) is 0.735. The maximum atomic E-state index is 14.3. The fourth-order valence-corrected chi connectivity index (χ4v) is 3.80. The Morgan fingerprint density at radius 2 is 1.73 bits per heavy atom. The third-order valence-electron chi connectivity index (χ3n) is 5.38. The van der Waals surface area contributed by atoms with Crippen LogP contribution in [0.25, 0.3) is 11.2 Å². The van der Waals surface area contributed by atoms with Crippen molar-refractivity contribution in [1.29, 1.82) is 0 Å². The number of hydrogen-bond acceptors (Lipinski definition) is 7. The molecule has 0 aliphatic carbocycles. The Balaban J connectivity index is 1.59. The molecule has 8 nitrogen and oxygen atoms in total. The van der Waals surface area contributed by atoms with Gasteiger partial charge in [-0.05, 0) is 25.0 Å². The molecule has 0 atom stereocenters. The molecule has 0 saturated carbocycles. The summed E-state index contributed by atoms with van der Waals surface area (Å²) >= 11 is 0. The summed E-state index contributed by atoms with van der Waals surface area (Å²) < 4.78 is 49.2. The molecule has 4 aromatic rings. The third-order valence-corrected chi connectivity index (χ3v) is 5.38. The highest BCUT2D eigenvalue weighted by Gasteiger charge is 2.25. The van der Waals surface area contributed by atoms with E-state index in [1.165, 1.54) is 12.3 Å². The van der Waals surface area contributed by atoms with E-state index in [0.29, 0.717) is 55.0 Å². The highest BCUT2D eigenvalue weighted by Crippen LogP contribution is 2.33. The van der Waals surface area contributed by atoms with Gasteiger partial charge in [-0.15, -0.1) is 0 Å². The van der Waals surface area contributed by atoms with Gasteiger partial charge in [-0.1, -0.05) is 12.1 Å². The highest BCUT2D eigenvalue weighted by atomic mass is 19.1. The maximum Gasteiger partial charge on any atom is 0.229 e. The molecule has 0 bridgehead atoms. The number of rotatable bonds is 5. The van der Waals surface area contributed by atoms with Gasteiger partial charge in [0.05, 0.1) is 11.9 Å². The Bertz CT molecular complexity index is 1300. The van der Waals surface area contributed by atoms with E-state index in [-0.39, 0.29) is 23.7 Å². The summed E-state index contributed by atoms with van der Waals surface area (Å²) in [5, 5.41) is 15.7. The number of fused-ring (bicyclic) bond motifs is 1. The van der Waals surface area contributed by atoms with E-state index in [9.17, 15) is 18.3 Å². The first kappa shape index (κ1) is 21.0. The SMILES string of the molecule is Oc1ccccc1Nc1ncc2nc(Nc3c(F)cc(F)cc3F)n(C3CCOCC3)c2n1. The molecule has 2 aromatic carbocycles. The van der Waals surface area contributed by atoms with Gasteiger partial charge < -0.3 is 20.5 Å². The van der Waals surface area contributed by atoms with Crippen molar-refractivity contribution in [1.82, 2.24) is 19.5 Å². The number of nitrogens with zero attached hydrogens (tertiary/aromatic N) is 4. The van der Waals surface area contributed by atoms with Gasteiger partial charge in [0.1, 0.15) is 22.8 Å². The molecule has 2 aromatic heterocycles. The van der Waals surface area contributed by atoms with Gasteiger partial charge >= 0.3 is 0 Å². The van der Waals surface area contributed by atoms with Crippen molar-refractivity contribution in [2.45, 2.75) is 18.9 Å². The normalized spacial score (nSPS) is 14.5. The van der Waals surface area contributed by atoms with E-state index in [1.807, 2.05) is 0 Å². The molecule has 0 unspecified atom stereocenters. The van der Waals surface area contributed by atoms with E-state index >= 15 is 0 Å². The Kier molecular flexibility index (Phi) is 5.47. The summed E-state index contributed by atoms with van der Waals surface area (Å²) in [6, 6.07) is 7.73. The monoisotopic (exact) mass is 456 g/mol. The van der Waals surface area contributed by atoms with Crippen LogP contribution in [0.1, 0.15) is 18.9 Å². The lowest BCUT2D eigenvalue weighted by molar-refractivity contribution is 0.0710. The number of benzene rings is 2. The first-order chi connectivity index (χ1) is 16.0. The van der Waals surface area contributed by atoms with E-state index in [2.05, 4.69) is 25.6 Å². The molecule has 33 heavy (non-hydrogen) atoms. The van der Waals surface area contributed by atoms with Gasteiger partial charge in [0.25, 0.3) is 0 Å². The molecule has 11 heteroatoms. The average Bonchev–Trinajstić information content (AvgIpc) is 3.15. The van der Waals surface area contributed by atoms with Crippen LogP contribution in [0.5, 0.6) is 5.75 Å². The van der Waals surface area contributed by atoms with Crippen LogP contribution in [0.2, 0.25) is 0 Å². The Morgan fingerprint density at radius 3 is 2.45 bits per heavy atom. The number of anilines is 4. The summed E-state index contributed by atoms with van der Waals surface area (Å²) in [7, 11) is 0. The minimum Gasteiger partial charge on any atom is -0.506 e. The largest absolute Gasteiger partial charge is 0.506 e. The lowest BCUT2D eigenvalue weighted by Crippen LogP contribution is -2.21. The number of ether oxygens (including phenoxy) is 1. The van der Waals surface area contributed by atoms with Crippen molar-refractivity contribution in [3.63, 3.8) is 0 Å². The summed E-state index contributed by atoms with van der Waals surface area (Å²) in [4.78, 5) is 13.2. The molecule has 0 amide bonds. The predicted octanol–water partition coefficient (Wildman–Crippen LogP) is 4.79. The molecular formula is C22H19F3N6O2. The quantitative estimate of drug-likeness (QED) is 0.372. The van der Waals surface area contributed by atoms with Crippen molar-refractivity contribution in [2.75, 3.05) is 23.8 Å². The second-order valence-electron chi connectivity index (χ2n) is 7.56. The van der Waals surface area contributed by atoms with Crippen LogP contribution in [-0.4, -0.2) is 37.8 Å².